The van der Waals surface area contributed by atoms with Crippen molar-refractivity contribution in [2.45, 2.75) is 58.8 Å². The maximum absolute atomic E-state index is 11.9. The van der Waals surface area contributed by atoms with Crippen LogP contribution in [0.15, 0.2) is 18.2 Å². The van der Waals surface area contributed by atoms with Crippen LogP contribution in [-0.4, -0.2) is 12.6 Å². The highest BCUT2D eigenvalue weighted by molar-refractivity contribution is 5.92. The number of benzene rings is 1. The van der Waals surface area contributed by atoms with E-state index < -0.39 is 0 Å². The van der Waals surface area contributed by atoms with Gasteiger partial charge >= 0.3 is 5.97 Å². The van der Waals surface area contributed by atoms with Crippen LogP contribution < -0.4 is 5.73 Å². The van der Waals surface area contributed by atoms with Crippen molar-refractivity contribution in [3.8, 4) is 0 Å². The molecule has 0 atom stereocenters. The Kier molecular flexibility index (Phi) is 7.78. The summed E-state index contributed by atoms with van der Waals surface area (Å²) in [5.74, 6) is -0.263. The van der Waals surface area contributed by atoms with Gasteiger partial charge in [0.05, 0.1) is 12.2 Å². The lowest BCUT2D eigenvalue weighted by atomic mass is 10.1. The maximum atomic E-state index is 11.9. The van der Waals surface area contributed by atoms with E-state index >= 15 is 0 Å². The molecule has 3 nitrogen and oxygen atoms in total. The number of unbranched alkanes of at least 4 members (excludes halogenated alkanes) is 6. The molecule has 0 aliphatic heterocycles. The highest BCUT2D eigenvalue weighted by Gasteiger charge is 2.11. The third-order valence-corrected chi connectivity index (χ3v) is 3.58. The van der Waals surface area contributed by atoms with E-state index in [1.807, 2.05) is 6.92 Å². The van der Waals surface area contributed by atoms with Gasteiger partial charge in [-0.1, -0.05) is 51.5 Å². The molecule has 2 N–H and O–H groups in total. The lowest BCUT2D eigenvalue weighted by Gasteiger charge is -2.08. The molecule has 0 bridgehead atoms. The fourth-order valence-electron chi connectivity index (χ4n) is 2.18. The van der Waals surface area contributed by atoms with Crippen LogP contribution >= 0.6 is 0 Å². The molecular weight excluding hydrogens is 250 g/mol. The molecule has 0 aromatic heterocycles. The lowest BCUT2D eigenvalue weighted by Crippen LogP contribution is -2.09. The van der Waals surface area contributed by atoms with Crippen LogP contribution in [0.2, 0.25) is 0 Å². The number of rotatable bonds is 9. The predicted octanol–water partition coefficient (Wildman–Crippen LogP) is 4.48. The van der Waals surface area contributed by atoms with Crippen molar-refractivity contribution in [1.29, 1.82) is 0 Å². The number of carbonyl (C=O) groups excluding carboxylic acids is 1. The summed E-state index contributed by atoms with van der Waals surface area (Å²) in [4.78, 5) is 11.9. The number of ether oxygens (including phenoxy) is 1. The summed E-state index contributed by atoms with van der Waals surface area (Å²) in [7, 11) is 0. The van der Waals surface area contributed by atoms with E-state index in [1.165, 1.54) is 32.1 Å². The summed E-state index contributed by atoms with van der Waals surface area (Å²) in [6, 6.07) is 5.34. The lowest BCUT2D eigenvalue weighted by molar-refractivity contribution is 0.0497. The van der Waals surface area contributed by atoms with Crippen LogP contribution in [0.4, 0.5) is 5.69 Å². The highest BCUT2D eigenvalue weighted by Crippen LogP contribution is 2.16. The van der Waals surface area contributed by atoms with Gasteiger partial charge in [-0.05, 0) is 31.0 Å². The minimum Gasteiger partial charge on any atom is -0.462 e. The van der Waals surface area contributed by atoms with E-state index in [4.69, 9.17) is 10.5 Å². The predicted molar refractivity (Wildman–Crippen MR) is 83.9 cm³/mol. The number of anilines is 1. The zero-order valence-corrected chi connectivity index (χ0v) is 12.8. The number of hydrogen-bond donors (Lipinski definition) is 1. The Morgan fingerprint density at radius 1 is 1.10 bits per heavy atom. The molecule has 112 valence electrons. The van der Waals surface area contributed by atoms with Crippen LogP contribution in [0, 0.1) is 6.92 Å². The number of hydrogen-bond acceptors (Lipinski definition) is 3. The van der Waals surface area contributed by atoms with Crippen LogP contribution in [0.25, 0.3) is 0 Å². The molecule has 0 aliphatic carbocycles. The van der Waals surface area contributed by atoms with Crippen molar-refractivity contribution in [2.24, 2.45) is 0 Å². The quantitative estimate of drug-likeness (QED) is 0.411. The topological polar surface area (TPSA) is 52.3 Å². The van der Waals surface area contributed by atoms with Crippen LogP contribution in [0.5, 0.6) is 0 Å². The van der Waals surface area contributed by atoms with E-state index in [2.05, 4.69) is 6.92 Å². The number of nitrogen functional groups attached to an aromatic ring is 1. The third kappa shape index (κ3) is 5.64. The van der Waals surface area contributed by atoms with Crippen molar-refractivity contribution >= 4 is 11.7 Å². The number of esters is 1. The zero-order chi connectivity index (χ0) is 14.8. The maximum Gasteiger partial charge on any atom is 0.338 e. The Morgan fingerprint density at radius 3 is 2.45 bits per heavy atom. The second-order valence-electron chi connectivity index (χ2n) is 5.28. The summed E-state index contributed by atoms with van der Waals surface area (Å²) < 4.78 is 5.30. The van der Waals surface area contributed by atoms with Crippen LogP contribution in [0.3, 0.4) is 0 Å². The number of carbonyl (C=O) groups is 1. The first-order valence-corrected chi connectivity index (χ1v) is 7.69. The molecule has 1 rings (SSSR count). The first-order chi connectivity index (χ1) is 9.66. The SMILES string of the molecule is CCCCCCCCCOC(=O)c1cccc(N)c1C. The fraction of sp³-hybridized carbons (Fsp3) is 0.588. The van der Waals surface area contributed by atoms with E-state index in [9.17, 15) is 4.79 Å². The van der Waals surface area contributed by atoms with Gasteiger partial charge in [0.2, 0.25) is 0 Å². The van der Waals surface area contributed by atoms with Crippen molar-refractivity contribution in [2.75, 3.05) is 12.3 Å². The van der Waals surface area contributed by atoms with Gasteiger partial charge in [0.25, 0.3) is 0 Å². The smallest absolute Gasteiger partial charge is 0.338 e. The summed E-state index contributed by atoms with van der Waals surface area (Å²) in [5.41, 5.74) is 7.80. The van der Waals surface area contributed by atoms with Gasteiger partial charge in [-0.25, -0.2) is 4.79 Å². The summed E-state index contributed by atoms with van der Waals surface area (Å²) >= 11 is 0. The van der Waals surface area contributed by atoms with Gasteiger partial charge in [-0.2, -0.15) is 0 Å². The summed E-state index contributed by atoms with van der Waals surface area (Å²) in [5, 5.41) is 0. The van der Waals surface area contributed by atoms with E-state index in [-0.39, 0.29) is 5.97 Å². The second-order valence-corrected chi connectivity index (χ2v) is 5.28. The van der Waals surface area contributed by atoms with Gasteiger partial charge in [-0.15, -0.1) is 0 Å². The molecule has 20 heavy (non-hydrogen) atoms. The van der Waals surface area contributed by atoms with Gasteiger partial charge < -0.3 is 10.5 Å². The molecule has 0 aliphatic rings. The molecule has 3 heteroatoms. The minimum absolute atomic E-state index is 0.263. The Bertz CT molecular complexity index is 415. The molecule has 0 unspecified atom stereocenters. The molecular formula is C17H27NO2. The van der Waals surface area contributed by atoms with Gasteiger partial charge in [-0.3, -0.25) is 0 Å². The van der Waals surface area contributed by atoms with E-state index in [0.717, 1.165) is 18.4 Å². The molecule has 0 spiro atoms. The summed E-state index contributed by atoms with van der Waals surface area (Å²) in [6.07, 6.45) is 8.51. The molecule has 0 fully saturated rings. The molecule has 0 radical (unpaired) electrons. The van der Waals surface area contributed by atoms with Crippen molar-refractivity contribution in [3.05, 3.63) is 29.3 Å². The zero-order valence-electron chi connectivity index (χ0n) is 12.8. The summed E-state index contributed by atoms with van der Waals surface area (Å²) in [6.45, 7) is 4.57. The average molecular weight is 277 g/mol. The third-order valence-electron chi connectivity index (χ3n) is 3.58. The van der Waals surface area contributed by atoms with Crippen molar-refractivity contribution in [3.63, 3.8) is 0 Å². The monoisotopic (exact) mass is 277 g/mol. The van der Waals surface area contributed by atoms with Crippen molar-refractivity contribution in [1.82, 2.24) is 0 Å². The van der Waals surface area contributed by atoms with Crippen LogP contribution in [0.1, 0.15) is 67.8 Å². The highest BCUT2D eigenvalue weighted by atomic mass is 16.5. The molecule has 0 saturated heterocycles. The normalized spacial score (nSPS) is 10.5. The Balaban J connectivity index is 2.19. The van der Waals surface area contributed by atoms with Gasteiger partial charge in [0.15, 0.2) is 0 Å². The number of nitrogens with two attached hydrogens (primary N) is 1. The standard InChI is InChI=1S/C17H27NO2/c1-3-4-5-6-7-8-9-13-20-17(19)15-11-10-12-16(18)14(15)2/h10-12H,3-9,13,18H2,1-2H3. The average Bonchev–Trinajstić information content (AvgIpc) is 2.44. The van der Waals surface area contributed by atoms with E-state index in [0.29, 0.717) is 17.9 Å². The molecule has 0 amide bonds. The van der Waals surface area contributed by atoms with Gasteiger partial charge in [0.1, 0.15) is 0 Å². The van der Waals surface area contributed by atoms with Crippen LogP contribution in [-0.2, 0) is 4.74 Å². The van der Waals surface area contributed by atoms with Gasteiger partial charge in [0, 0.05) is 5.69 Å². The molecule has 1 aromatic rings. The first kappa shape index (κ1) is 16.5. The Morgan fingerprint density at radius 2 is 1.75 bits per heavy atom. The largest absolute Gasteiger partial charge is 0.462 e. The second kappa shape index (κ2) is 9.40. The fourth-order valence-corrected chi connectivity index (χ4v) is 2.18. The molecule has 1 aromatic carbocycles. The Labute approximate surface area is 122 Å². The molecule has 0 heterocycles. The minimum atomic E-state index is -0.263. The van der Waals surface area contributed by atoms with Crippen molar-refractivity contribution < 1.29 is 9.53 Å². The molecule has 0 saturated carbocycles. The Hall–Kier alpha value is -1.51. The first-order valence-electron chi connectivity index (χ1n) is 7.69. The van der Waals surface area contributed by atoms with E-state index in [1.54, 1.807) is 18.2 Å².